The van der Waals surface area contributed by atoms with Crippen molar-refractivity contribution in [3.05, 3.63) is 23.5 Å². The molecule has 0 atom stereocenters. The van der Waals surface area contributed by atoms with Crippen LogP contribution in [0.1, 0.15) is 67.7 Å². The molecule has 0 unspecified atom stereocenters. The van der Waals surface area contributed by atoms with Gasteiger partial charge in [-0.1, -0.05) is 5.21 Å². The van der Waals surface area contributed by atoms with Gasteiger partial charge in [0.05, 0.1) is 6.20 Å². The lowest BCUT2D eigenvalue weighted by molar-refractivity contribution is -0.141. The number of nitrogens with zero attached hydrogens (tertiary/aromatic N) is 7. The Morgan fingerprint density at radius 3 is 2.16 bits per heavy atom. The van der Waals surface area contributed by atoms with Crippen molar-refractivity contribution in [2.24, 2.45) is 16.7 Å². The molecule has 5 aliphatic rings. The predicted molar refractivity (Wildman–Crippen MR) is 116 cm³/mol. The molecule has 2 saturated heterocycles. The summed E-state index contributed by atoms with van der Waals surface area (Å²) >= 11 is 0. The average Bonchev–Trinajstić information content (AvgIpc) is 3.34. The zero-order valence-corrected chi connectivity index (χ0v) is 20.0. The molecule has 14 heteroatoms. The zero-order chi connectivity index (χ0) is 25.8. The summed E-state index contributed by atoms with van der Waals surface area (Å²) in [4.78, 5) is 21.1. The lowest BCUT2D eigenvalue weighted by Gasteiger charge is -2.63. The lowest BCUT2D eigenvalue weighted by Crippen LogP contribution is -2.71. The van der Waals surface area contributed by atoms with Crippen LogP contribution in [-0.2, 0) is 12.7 Å². The minimum atomic E-state index is -4.48. The number of carbonyl (C=O) groups excluding carboxylic acids is 1. The van der Waals surface area contributed by atoms with Gasteiger partial charge in [-0.15, -0.1) is 5.10 Å². The fraction of sp³-hybridized carbons (Fsp3) is 0.783. The topological polar surface area (TPSA) is 95.8 Å². The Morgan fingerprint density at radius 1 is 0.973 bits per heavy atom. The Kier molecular flexibility index (Phi) is 4.67. The molecule has 0 bridgehead atoms. The first-order chi connectivity index (χ1) is 17.4. The minimum Gasteiger partial charge on any atom is -0.323 e. The summed E-state index contributed by atoms with van der Waals surface area (Å²) < 4.78 is 65.6. The number of likely N-dealkylation sites (tertiary alicyclic amines) is 2. The number of H-pyrrole nitrogens is 1. The Bertz CT molecular complexity index is 1200. The summed E-state index contributed by atoms with van der Waals surface area (Å²) in [6, 6.07) is 0.0575. The van der Waals surface area contributed by atoms with Crippen molar-refractivity contribution >= 4 is 6.03 Å². The van der Waals surface area contributed by atoms with Gasteiger partial charge >= 0.3 is 12.2 Å². The fourth-order valence-electron chi connectivity index (χ4n) is 7.27. The molecule has 9 nitrogen and oxygen atoms in total. The van der Waals surface area contributed by atoms with Crippen molar-refractivity contribution in [2.75, 3.05) is 26.2 Å². The van der Waals surface area contributed by atoms with Crippen LogP contribution in [0.4, 0.5) is 26.7 Å². The summed E-state index contributed by atoms with van der Waals surface area (Å²) in [5.41, 5.74) is -0.765. The van der Waals surface area contributed by atoms with E-state index in [1.165, 1.54) is 4.68 Å². The monoisotopic (exact) mass is 526 g/mol. The van der Waals surface area contributed by atoms with Crippen LogP contribution < -0.4 is 0 Å². The minimum absolute atomic E-state index is 0.0575. The van der Waals surface area contributed by atoms with Crippen LogP contribution in [0.5, 0.6) is 0 Å². The molecule has 2 aliphatic heterocycles. The Labute approximate surface area is 208 Å². The maximum Gasteiger partial charge on any atom is 0.436 e. The summed E-state index contributed by atoms with van der Waals surface area (Å²) in [6.45, 7) is 3.24. The zero-order valence-electron chi connectivity index (χ0n) is 20.0. The Morgan fingerprint density at radius 2 is 1.59 bits per heavy atom. The van der Waals surface area contributed by atoms with E-state index in [1.807, 2.05) is 9.80 Å². The first-order valence-electron chi connectivity index (χ1n) is 12.7. The van der Waals surface area contributed by atoms with Gasteiger partial charge in [-0.3, -0.25) is 9.78 Å². The number of urea groups is 1. The summed E-state index contributed by atoms with van der Waals surface area (Å²) in [7, 11) is 0. The highest BCUT2D eigenvalue weighted by atomic mass is 19.4. The van der Waals surface area contributed by atoms with Crippen LogP contribution in [0, 0.1) is 16.7 Å². The number of nitrogens with one attached hydrogen (secondary N) is 1. The van der Waals surface area contributed by atoms with Crippen LogP contribution in [0.2, 0.25) is 0 Å². The van der Waals surface area contributed by atoms with Crippen molar-refractivity contribution in [1.29, 1.82) is 0 Å². The van der Waals surface area contributed by atoms with Crippen LogP contribution in [0.25, 0.3) is 0 Å². The van der Waals surface area contributed by atoms with E-state index in [0.29, 0.717) is 25.5 Å². The van der Waals surface area contributed by atoms with E-state index in [4.69, 9.17) is 0 Å². The average molecular weight is 527 g/mol. The molecular weight excluding hydrogens is 499 g/mol. The van der Waals surface area contributed by atoms with Crippen molar-refractivity contribution in [3.8, 4) is 0 Å². The third-order valence-electron chi connectivity index (χ3n) is 9.08. The molecule has 3 aliphatic carbocycles. The molecule has 37 heavy (non-hydrogen) atoms. The van der Waals surface area contributed by atoms with Gasteiger partial charge in [0.15, 0.2) is 11.5 Å². The van der Waals surface area contributed by atoms with Crippen molar-refractivity contribution in [2.45, 2.75) is 69.0 Å². The summed E-state index contributed by atoms with van der Waals surface area (Å²) in [5, 5.41) is 13.9. The van der Waals surface area contributed by atoms with Gasteiger partial charge in [-0.05, 0) is 31.6 Å². The number of carbonyl (C=O) groups is 1. The van der Waals surface area contributed by atoms with E-state index in [-0.39, 0.29) is 47.5 Å². The van der Waals surface area contributed by atoms with Crippen molar-refractivity contribution in [1.82, 2.24) is 40.0 Å². The number of aromatic nitrogens is 6. The van der Waals surface area contributed by atoms with E-state index in [0.717, 1.165) is 50.8 Å². The van der Waals surface area contributed by atoms with Gasteiger partial charge in [-0.25, -0.2) is 18.6 Å². The molecular formula is C23H27F5N8O. The Balaban J connectivity index is 0.833. The second-order valence-electron chi connectivity index (χ2n) is 12.2. The van der Waals surface area contributed by atoms with E-state index < -0.39 is 17.8 Å². The molecule has 3 saturated carbocycles. The summed E-state index contributed by atoms with van der Waals surface area (Å²) in [5.74, 6) is -1.12. The van der Waals surface area contributed by atoms with Crippen LogP contribution in [0.3, 0.4) is 0 Å². The smallest absolute Gasteiger partial charge is 0.323 e. The molecule has 0 radical (unpaired) electrons. The quantitative estimate of drug-likeness (QED) is 0.614. The maximum absolute atomic E-state index is 13.1. The number of aromatic amines is 1. The van der Waals surface area contributed by atoms with Crippen LogP contribution >= 0.6 is 0 Å². The highest BCUT2D eigenvalue weighted by Gasteiger charge is 2.59. The largest absolute Gasteiger partial charge is 0.436 e. The third kappa shape index (κ3) is 3.89. The van der Waals surface area contributed by atoms with Gasteiger partial charge in [-0.2, -0.15) is 18.3 Å². The second-order valence-corrected chi connectivity index (χ2v) is 12.2. The van der Waals surface area contributed by atoms with E-state index >= 15 is 0 Å². The molecule has 5 fully saturated rings. The van der Waals surface area contributed by atoms with Gasteiger partial charge in [0, 0.05) is 68.2 Å². The molecule has 7 rings (SSSR count). The first-order valence-corrected chi connectivity index (χ1v) is 12.7. The molecule has 1 N–H and O–H groups in total. The lowest BCUT2D eigenvalue weighted by atomic mass is 9.57. The SMILES string of the molecule is O=C(N1CC2(CC(Cn3cc(C(F)(F)F)nn3)C2)C1)N1CC2(CC(c3nc(C4CC(F)(F)C4)n[nH]3)C2)C1. The maximum atomic E-state index is 13.1. The molecule has 2 amide bonds. The normalized spacial score (nSPS) is 26.4. The number of alkyl halides is 5. The highest BCUT2D eigenvalue weighted by Crippen LogP contribution is 2.57. The van der Waals surface area contributed by atoms with Gasteiger partial charge in [0.1, 0.15) is 5.82 Å². The number of amides is 2. The van der Waals surface area contributed by atoms with Gasteiger partial charge < -0.3 is 9.80 Å². The highest BCUT2D eigenvalue weighted by molar-refractivity contribution is 5.77. The fourth-order valence-corrected chi connectivity index (χ4v) is 7.27. The number of hydrogen-bond donors (Lipinski definition) is 1. The molecule has 2 spiro atoms. The standard InChI is InChI=1S/C23H27F5N8O/c24-22(25)5-15(6-22)18-29-17(31-32-18)14-3-21(4-14)11-35(12-21)19(37)34-9-20(10-34)1-13(2-20)7-36-8-16(30-33-36)23(26,27)28/h8,13-15H,1-7,9-12H2,(H,29,31,32). The molecule has 2 aromatic heterocycles. The second kappa shape index (κ2) is 7.40. The number of halogens is 5. The van der Waals surface area contributed by atoms with Crippen molar-refractivity contribution in [3.63, 3.8) is 0 Å². The van der Waals surface area contributed by atoms with Gasteiger partial charge in [0.25, 0.3) is 0 Å². The third-order valence-corrected chi connectivity index (χ3v) is 9.08. The van der Waals surface area contributed by atoms with Crippen LogP contribution in [0.15, 0.2) is 6.20 Å². The first kappa shape index (κ1) is 23.3. The molecule has 0 aromatic carbocycles. The van der Waals surface area contributed by atoms with Crippen LogP contribution in [-0.4, -0.2) is 78.1 Å². The summed E-state index contributed by atoms with van der Waals surface area (Å²) in [6.07, 6.45) is -0.322. The molecule has 200 valence electrons. The molecule has 2 aromatic rings. The van der Waals surface area contributed by atoms with E-state index in [2.05, 4.69) is 25.5 Å². The number of hydrogen-bond acceptors (Lipinski definition) is 5. The van der Waals surface area contributed by atoms with E-state index in [1.54, 1.807) is 0 Å². The van der Waals surface area contributed by atoms with Gasteiger partial charge in [0.2, 0.25) is 5.92 Å². The van der Waals surface area contributed by atoms with Crippen molar-refractivity contribution < 1.29 is 26.7 Å². The predicted octanol–water partition coefficient (Wildman–Crippen LogP) is 3.64. The Hall–Kier alpha value is -2.80. The number of rotatable bonds is 4. The van der Waals surface area contributed by atoms with E-state index in [9.17, 15) is 26.7 Å². The molecule has 4 heterocycles.